The molecule has 1 fully saturated rings. The van der Waals surface area contributed by atoms with Crippen LogP contribution in [0.4, 0.5) is 0 Å². The van der Waals surface area contributed by atoms with Gasteiger partial charge in [0.2, 0.25) is 0 Å². The van der Waals surface area contributed by atoms with Crippen LogP contribution in [0.15, 0.2) is 0 Å². The first-order chi connectivity index (χ1) is 6.24. The van der Waals surface area contributed by atoms with Gasteiger partial charge in [0, 0.05) is 6.54 Å². The minimum atomic E-state index is -0.773. The lowest BCUT2D eigenvalue weighted by molar-refractivity contribution is -0.136. The summed E-state index contributed by atoms with van der Waals surface area (Å²) in [6, 6.07) is 0. The maximum absolute atomic E-state index is 10.6. The van der Waals surface area contributed by atoms with E-state index in [1.165, 1.54) is 37.4 Å². The van der Waals surface area contributed by atoms with E-state index in [9.17, 15) is 4.79 Å². The van der Waals surface area contributed by atoms with E-state index in [-0.39, 0.29) is 6.54 Å². The molecule has 0 aliphatic heterocycles. The number of thioether (sulfide) groups is 1. The molecule has 1 atom stereocenters. The van der Waals surface area contributed by atoms with Crippen molar-refractivity contribution in [2.24, 2.45) is 11.7 Å². The lowest BCUT2D eigenvalue weighted by Crippen LogP contribution is -2.27. The van der Waals surface area contributed by atoms with Crippen molar-refractivity contribution in [2.75, 3.05) is 12.3 Å². The summed E-state index contributed by atoms with van der Waals surface area (Å²) in [6.07, 6.45) is 5.16. The topological polar surface area (TPSA) is 63.3 Å². The fraction of sp³-hybridized carbons (Fsp3) is 0.889. The standard InChI is InChI=1S/C9H17NO2S/c10-5-8(9(11)12)13-6-7-3-1-2-4-7/h7-8H,1-6,10H2,(H,11,12). The molecule has 0 bridgehead atoms. The SMILES string of the molecule is NCC(SCC1CCCC1)C(=O)O. The zero-order valence-electron chi connectivity index (χ0n) is 7.74. The molecule has 1 aliphatic rings. The van der Waals surface area contributed by atoms with Crippen molar-refractivity contribution in [3.63, 3.8) is 0 Å². The van der Waals surface area contributed by atoms with E-state index in [2.05, 4.69) is 0 Å². The van der Waals surface area contributed by atoms with Crippen molar-refractivity contribution in [2.45, 2.75) is 30.9 Å². The number of carboxylic acids is 1. The molecule has 0 aromatic rings. The van der Waals surface area contributed by atoms with Crippen LogP contribution in [0.25, 0.3) is 0 Å². The molecule has 1 aliphatic carbocycles. The molecule has 0 aromatic carbocycles. The van der Waals surface area contributed by atoms with Gasteiger partial charge in [-0.3, -0.25) is 4.79 Å². The quantitative estimate of drug-likeness (QED) is 0.707. The molecule has 1 unspecified atom stereocenters. The molecular formula is C9H17NO2S. The first-order valence-corrected chi connectivity index (χ1v) is 5.83. The summed E-state index contributed by atoms with van der Waals surface area (Å²) in [4.78, 5) is 10.6. The lowest BCUT2D eigenvalue weighted by Gasteiger charge is -2.12. The number of hydrogen-bond donors (Lipinski definition) is 2. The minimum absolute atomic E-state index is 0.243. The maximum Gasteiger partial charge on any atom is 0.317 e. The fourth-order valence-electron chi connectivity index (χ4n) is 1.67. The third kappa shape index (κ3) is 3.56. The lowest BCUT2D eigenvalue weighted by atomic mass is 10.1. The Morgan fingerprint density at radius 1 is 1.54 bits per heavy atom. The Hall–Kier alpha value is -0.220. The van der Waals surface area contributed by atoms with E-state index < -0.39 is 11.2 Å². The summed E-state index contributed by atoms with van der Waals surface area (Å²) < 4.78 is 0. The van der Waals surface area contributed by atoms with Crippen LogP contribution in [-0.4, -0.2) is 28.6 Å². The smallest absolute Gasteiger partial charge is 0.317 e. The number of carboxylic acid groups (broad SMARTS) is 1. The Bertz CT molecular complexity index is 169. The molecule has 3 nitrogen and oxygen atoms in total. The van der Waals surface area contributed by atoms with E-state index in [1.54, 1.807) is 0 Å². The Morgan fingerprint density at radius 3 is 2.62 bits per heavy atom. The van der Waals surface area contributed by atoms with E-state index in [1.807, 2.05) is 0 Å². The predicted molar refractivity (Wildman–Crippen MR) is 54.9 cm³/mol. The molecule has 3 N–H and O–H groups in total. The highest BCUT2D eigenvalue weighted by Gasteiger charge is 2.20. The van der Waals surface area contributed by atoms with Crippen LogP contribution in [0.2, 0.25) is 0 Å². The Kier molecular flexibility index (Phi) is 4.59. The van der Waals surface area contributed by atoms with Gasteiger partial charge in [0.15, 0.2) is 0 Å². The van der Waals surface area contributed by atoms with Crippen molar-refractivity contribution in [3.05, 3.63) is 0 Å². The monoisotopic (exact) mass is 203 g/mol. The van der Waals surface area contributed by atoms with E-state index in [4.69, 9.17) is 10.8 Å². The zero-order valence-corrected chi connectivity index (χ0v) is 8.55. The number of carbonyl (C=O) groups is 1. The van der Waals surface area contributed by atoms with Gasteiger partial charge in [-0.15, -0.1) is 11.8 Å². The van der Waals surface area contributed by atoms with Crippen LogP contribution in [0.3, 0.4) is 0 Å². The highest BCUT2D eigenvalue weighted by atomic mass is 32.2. The molecule has 76 valence electrons. The molecule has 0 heterocycles. The molecule has 4 heteroatoms. The average Bonchev–Trinajstić information content (AvgIpc) is 2.57. The van der Waals surface area contributed by atoms with Gasteiger partial charge in [0.25, 0.3) is 0 Å². The first-order valence-electron chi connectivity index (χ1n) is 4.78. The summed E-state index contributed by atoms with van der Waals surface area (Å²) in [5.41, 5.74) is 5.36. The minimum Gasteiger partial charge on any atom is -0.480 e. The molecule has 1 rings (SSSR count). The fourth-order valence-corrected chi connectivity index (χ4v) is 2.79. The summed E-state index contributed by atoms with van der Waals surface area (Å²) in [7, 11) is 0. The van der Waals surface area contributed by atoms with E-state index in [0.717, 1.165) is 11.7 Å². The normalized spacial score (nSPS) is 20.4. The highest BCUT2D eigenvalue weighted by molar-refractivity contribution is 8.00. The van der Waals surface area contributed by atoms with Crippen molar-refractivity contribution >= 4 is 17.7 Å². The van der Waals surface area contributed by atoms with Crippen LogP contribution >= 0.6 is 11.8 Å². The summed E-state index contributed by atoms with van der Waals surface area (Å²) in [5.74, 6) is 0.928. The van der Waals surface area contributed by atoms with Crippen LogP contribution in [0.5, 0.6) is 0 Å². The number of rotatable bonds is 5. The second-order valence-electron chi connectivity index (χ2n) is 3.55. The summed E-state index contributed by atoms with van der Waals surface area (Å²) in [5, 5.41) is 8.34. The molecule has 0 aromatic heterocycles. The predicted octanol–water partition coefficient (Wildman–Crippen LogP) is 1.32. The van der Waals surface area contributed by atoms with Crippen LogP contribution in [0.1, 0.15) is 25.7 Å². The van der Waals surface area contributed by atoms with Crippen molar-refractivity contribution in [1.82, 2.24) is 0 Å². The molecule has 0 spiro atoms. The number of nitrogens with two attached hydrogens (primary N) is 1. The second kappa shape index (κ2) is 5.50. The van der Waals surface area contributed by atoms with Gasteiger partial charge in [-0.2, -0.15) is 0 Å². The van der Waals surface area contributed by atoms with Gasteiger partial charge in [-0.25, -0.2) is 0 Å². The molecule has 0 amide bonds. The number of hydrogen-bond acceptors (Lipinski definition) is 3. The largest absolute Gasteiger partial charge is 0.480 e. The van der Waals surface area contributed by atoms with Gasteiger partial charge in [-0.05, 0) is 24.5 Å². The molecular weight excluding hydrogens is 186 g/mol. The molecule has 1 saturated carbocycles. The highest BCUT2D eigenvalue weighted by Crippen LogP contribution is 2.29. The van der Waals surface area contributed by atoms with Crippen LogP contribution in [0, 0.1) is 5.92 Å². The van der Waals surface area contributed by atoms with E-state index >= 15 is 0 Å². The van der Waals surface area contributed by atoms with Gasteiger partial charge < -0.3 is 10.8 Å². The average molecular weight is 203 g/mol. The maximum atomic E-state index is 10.6. The van der Waals surface area contributed by atoms with Gasteiger partial charge in [-0.1, -0.05) is 12.8 Å². The Morgan fingerprint density at radius 2 is 2.15 bits per heavy atom. The van der Waals surface area contributed by atoms with Gasteiger partial charge >= 0.3 is 5.97 Å². The van der Waals surface area contributed by atoms with Crippen molar-refractivity contribution in [3.8, 4) is 0 Å². The third-order valence-corrected chi connectivity index (χ3v) is 3.96. The molecule has 13 heavy (non-hydrogen) atoms. The van der Waals surface area contributed by atoms with Gasteiger partial charge in [0.1, 0.15) is 5.25 Å². The second-order valence-corrected chi connectivity index (χ2v) is 4.78. The van der Waals surface area contributed by atoms with E-state index in [0.29, 0.717) is 0 Å². The molecule has 0 radical (unpaired) electrons. The summed E-state index contributed by atoms with van der Waals surface area (Å²) >= 11 is 1.50. The Balaban J connectivity index is 2.18. The van der Waals surface area contributed by atoms with Crippen LogP contribution < -0.4 is 5.73 Å². The van der Waals surface area contributed by atoms with Crippen LogP contribution in [-0.2, 0) is 4.79 Å². The van der Waals surface area contributed by atoms with Crippen molar-refractivity contribution < 1.29 is 9.90 Å². The number of aliphatic carboxylic acids is 1. The molecule has 0 saturated heterocycles. The Labute approximate surface area is 83.1 Å². The summed E-state index contributed by atoms with van der Waals surface area (Å²) in [6.45, 7) is 0.243. The zero-order chi connectivity index (χ0) is 9.68. The van der Waals surface area contributed by atoms with Gasteiger partial charge in [0.05, 0.1) is 0 Å². The first kappa shape index (κ1) is 10.9. The van der Waals surface area contributed by atoms with Crippen molar-refractivity contribution in [1.29, 1.82) is 0 Å². The third-order valence-electron chi connectivity index (χ3n) is 2.50.